The molecule has 0 saturated heterocycles. The summed E-state index contributed by atoms with van der Waals surface area (Å²) in [5, 5.41) is 5.93. The number of nitrogens with zero attached hydrogens (tertiary/aromatic N) is 1. The molecule has 0 bridgehead atoms. The molecule has 2 heterocycles. The van der Waals surface area contributed by atoms with Gasteiger partial charge in [0.2, 0.25) is 5.91 Å². The largest absolute Gasteiger partial charge is 0.346 e. The lowest BCUT2D eigenvalue weighted by Crippen LogP contribution is -2.58. The maximum Gasteiger partial charge on any atom is 0.224 e. The average Bonchev–Trinajstić information content (AvgIpc) is 2.79. The van der Waals surface area contributed by atoms with E-state index in [1.165, 1.54) is 0 Å². The van der Waals surface area contributed by atoms with Gasteiger partial charge in [-0.15, -0.1) is 0 Å². The summed E-state index contributed by atoms with van der Waals surface area (Å²) in [6.45, 7) is 1.87. The van der Waals surface area contributed by atoms with Crippen LogP contribution in [0.25, 0.3) is 0 Å². The average molecular weight is 450 g/mol. The minimum Gasteiger partial charge on any atom is -0.346 e. The second kappa shape index (κ2) is 9.17. The lowest BCUT2D eigenvalue weighted by atomic mass is 9.78. The minimum atomic E-state index is -1.00. The van der Waals surface area contributed by atoms with Crippen LogP contribution in [-0.2, 0) is 21.7 Å². The number of nitrogens with one attached hydrogen (secondary N) is 2. The number of ketones is 1. The molecule has 1 amide bonds. The molecule has 3 aromatic rings. The maximum absolute atomic E-state index is 13.4. The van der Waals surface area contributed by atoms with E-state index in [2.05, 4.69) is 15.6 Å². The van der Waals surface area contributed by atoms with Crippen molar-refractivity contribution in [3.8, 4) is 0 Å². The lowest BCUT2D eigenvalue weighted by molar-refractivity contribution is -0.128. The van der Waals surface area contributed by atoms with E-state index in [9.17, 15) is 18.4 Å². The van der Waals surface area contributed by atoms with E-state index in [0.717, 1.165) is 34.9 Å². The van der Waals surface area contributed by atoms with E-state index in [4.69, 9.17) is 5.73 Å². The quantitative estimate of drug-likeness (QED) is 0.536. The third kappa shape index (κ3) is 4.67. The molecule has 4 N–H and O–H groups in total. The summed E-state index contributed by atoms with van der Waals surface area (Å²) < 4.78 is 26.8. The molecule has 3 atom stereocenters. The van der Waals surface area contributed by atoms with Crippen LogP contribution in [0.3, 0.4) is 0 Å². The van der Waals surface area contributed by atoms with Crippen LogP contribution in [0.1, 0.15) is 35.1 Å². The number of hydrogen-bond donors (Lipinski definition) is 3. The Bertz CT molecular complexity index is 1170. The number of carbonyl (C=O) groups is 2. The molecule has 0 aliphatic carbocycles. The molecule has 8 heteroatoms. The first-order chi connectivity index (χ1) is 15.8. The number of aromatic nitrogens is 1. The Hall–Kier alpha value is -3.49. The first-order valence-electron chi connectivity index (χ1n) is 10.6. The molecule has 170 valence electrons. The predicted molar refractivity (Wildman–Crippen MR) is 119 cm³/mol. The van der Waals surface area contributed by atoms with Crippen LogP contribution in [0.4, 0.5) is 8.78 Å². The van der Waals surface area contributed by atoms with Gasteiger partial charge in [0.1, 0.15) is 17.3 Å². The summed E-state index contributed by atoms with van der Waals surface area (Å²) in [4.78, 5) is 29.8. The molecule has 6 nitrogen and oxygen atoms in total. The fraction of sp³-hybridized carbons (Fsp3) is 0.240. The Morgan fingerprint density at radius 2 is 1.91 bits per heavy atom. The van der Waals surface area contributed by atoms with E-state index >= 15 is 0 Å². The fourth-order valence-corrected chi connectivity index (χ4v) is 4.30. The van der Waals surface area contributed by atoms with Gasteiger partial charge in [-0.3, -0.25) is 19.9 Å². The Kier molecular flexibility index (Phi) is 6.31. The van der Waals surface area contributed by atoms with Crippen molar-refractivity contribution in [3.63, 3.8) is 0 Å². The molecule has 1 aromatic heterocycles. The predicted octanol–water partition coefficient (Wildman–Crippen LogP) is 2.52. The van der Waals surface area contributed by atoms with Crippen molar-refractivity contribution < 1.29 is 18.4 Å². The topological polar surface area (TPSA) is 97.1 Å². The van der Waals surface area contributed by atoms with E-state index in [0.29, 0.717) is 0 Å². The van der Waals surface area contributed by atoms with Crippen molar-refractivity contribution in [2.45, 2.75) is 31.0 Å². The Labute approximate surface area is 190 Å². The Balaban J connectivity index is 1.52. The normalized spacial score (nSPS) is 20.5. The maximum atomic E-state index is 13.4. The van der Waals surface area contributed by atoms with Crippen molar-refractivity contribution in [1.82, 2.24) is 15.6 Å². The van der Waals surface area contributed by atoms with Crippen molar-refractivity contribution in [1.29, 1.82) is 0 Å². The standard InChI is InChI=1S/C25H24F2N4O2/c1-15(31-23(32)11-16-9-18(26)12-19(27)10-16)24(33)21-14-30-25(28,17-5-4-8-29-13-17)22-7-3-2-6-20(21)22/h2-10,12-13,15,21,30H,11,14,28H2,1H3,(H,31,32). The summed E-state index contributed by atoms with van der Waals surface area (Å²) in [7, 11) is 0. The number of hydrogen-bond acceptors (Lipinski definition) is 5. The van der Waals surface area contributed by atoms with E-state index in [1.807, 2.05) is 30.3 Å². The minimum absolute atomic E-state index is 0.193. The number of nitrogens with two attached hydrogens (primary N) is 1. The van der Waals surface area contributed by atoms with Crippen LogP contribution < -0.4 is 16.4 Å². The van der Waals surface area contributed by atoms with E-state index in [-0.39, 0.29) is 24.3 Å². The van der Waals surface area contributed by atoms with Crippen LogP contribution >= 0.6 is 0 Å². The first-order valence-corrected chi connectivity index (χ1v) is 10.6. The third-order valence-corrected chi connectivity index (χ3v) is 5.90. The van der Waals surface area contributed by atoms with Gasteiger partial charge in [-0.25, -0.2) is 8.78 Å². The summed E-state index contributed by atoms with van der Waals surface area (Å²) in [6.07, 6.45) is 3.11. The molecule has 3 unspecified atom stereocenters. The molecule has 0 fully saturated rings. The highest BCUT2D eigenvalue weighted by Gasteiger charge is 2.41. The number of benzene rings is 2. The number of pyridine rings is 1. The van der Waals surface area contributed by atoms with Gasteiger partial charge in [-0.2, -0.15) is 0 Å². The molecule has 33 heavy (non-hydrogen) atoms. The number of Topliss-reactive ketones (excluding diaryl/α,β-unsaturated/α-hetero) is 1. The van der Waals surface area contributed by atoms with Gasteiger partial charge < -0.3 is 11.1 Å². The molecule has 2 aromatic carbocycles. The van der Waals surface area contributed by atoms with Crippen molar-refractivity contribution in [2.75, 3.05) is 6.54 Å². The monoisotopic (exact) mass is 450 g/mol. The third-order valence-electron chi connectivity index (χ3n) is 5.90. The highest BCUT2D eigenvalue weighted by molar-refractivity contribution is 5.94. The number of amides is 1. The van der Waals surface area contributed by atoms with Crippen LogP contribution in [0.5, 0.6) is 0 Å². The molecule has 4 rings (SSSR count). The lowest BCUT2D eigenvalue weighted by Gasteiger charge is -2.40. The molecule has 0 spiro atoms. The molecular formula is C25H24F2N4O2. The second-order valence-corrected chi connectivity index (χ2v) is 8.22. The van der Waals surface area contributed by atoms with Gasteiger partial charge in [0.05, 0.1) is 18.4 Å². The van der Waals surface area contributed by atoms with Gasteiger partial charge in [-0.05, 0) is 41.8 Å². The molecule has 0 radical (unpaired) electrons. The van der Waals surface area contributed by atoms with Gasteiger partial charge in [0.25, 0.3) is 0 Å². The van der Waals surface area contributed by atoms with Gasteiger partial charge in [0, 0.05) is 30.6 Å². The molecular weight excluding hydrogens is 426 g/mol. The summed E-state index contributed by atoms with van der Waals surface area (Å²) in [5.74, 6) is -2.74. The van der Waals surface area contributed by atoms with Gasteiger partial charge in [-0.1, -0.05) is 30.3 Å². The molecule has 1 aliphatic heterocycles. The molecule has 1 aliphatic rings. The van der Waals surface area contributed by atoms with E-state index < -0.39 is 35.2 Å². The van der Waals surface area contributed by atoms with Crippen molar-refractivity contribution in [3.05, 3.63) is 101 Å². The second-order valence-electron chi connectivity index (χ2n) is 8.22. The summed E-state index contributed by atoms with van der Waals surface area (Å²) >= 11 is 0. The number of fused-ring (bicyclic) bond motifs is 1. The van der Waals surface area contributed by atoms with Crippen LogP contribution in [0, 0.1) is 11.6 Å². The smallest absolute Gasteiger partial charge is 0.224 e. The summed E-state index contributed by atoms with van der Waals surface area (Å²) in [5.41, 5.74) is 8.23. The highest BCUT2D eigenvalue weighted by Crippen LogP contribution is 2.36. The van der Waals surface area contributed by atoms with Crippen LogP contribution in [0.2, 0.25) is 0 Å². The Morgan fingerprint density at radius 1 is 1.18 bits per heavy atom. The summed E-state index contributed by atoms with van der Waals surface area (Å²) in [6, 6.07) is 13.2. The number of carbonyl (C=O) groups excluding carboxylic acids is 2. The number of rotatable bonds is 6. The van der Waals surface area contributed by atoms with E-state index in [1.54, 1.807) is 25.4 Å². The van der Waals surface area contributed by atoms with Crippen LogP contribution in [0.15, 0.2) is 67.0 Å². The first kappa shape index (κ1) is 22.7. The van der Waals surface area contributed by atoms with Crippen LogP contribution in [-0.4, -0.2) is 29.3 Å². The fourth-order valence-electron chi connectivity index (χ4n) is 4.30. The van der Waals surface area contributed by atoms with Crippen molar-refractivity contribution >= 4 is 11.7 Å². The zero-order valence-corrected chi connectivity index (χ0v) is 18.0. The van der Waals surface area contributed by atoms with Gasteiger partial charge in [0.15, 0.2) is 5.78 Å². The number of halogens is 2. The SMILES string of the molecule is CC(NC(=O)Cc1cc(F)cc(F)c1)C(=O)C1CNC(N)(c2cccnc2)c2ccccc21. The van der Waals surface area contributed by atoms with Crippen molar-refractivity contribution in [2.24, 2.45) is 5.73 Å². The molecule has 0 saturated carbocycles. The van der Waals surface area contributed by atoms with Gasteiger partial charge >= 0.3 is 0 Å². The zero-order valence-electron chi connectivity index (χ0n) is 18.0. The Morgan fingerprint density at radius 3 is 2.61 bits per heavy atom. The zero-order chi connectivity index (χ0) is 23.6. The highest BCUT2D eigenvalue weighted by atomic mass is 19.1.